The Morgan fingerprint density at radius 3 is 1.78 bits per heavy atom. The van der Waals surface area contributed by atoms with Crippen molar-refractivity contribution in [3.05, 3.63) is 97.1 Å². The van der Waals surface area contributed by atoms with E-state index < -0.39 is 0 Å². The van der Waals surface area contributed by atoms with Gasteiger partial charge in [-0.25, -0.2) is 0 Å². The summed E-state index contributed by atoms with van der Waals surface area (Å²) in [6, 6.07) is 34.4. The van der Waals surface area contributed by atoms with Crippen molar-refractivity contribution in [2.24, 2.45) is 0 Å². The third-order valence-electron chi connectivity index (χ3n) is 8.06. The standard InChI is InChI=1S/C30H16B2NO2Se/c36-26-15-7-11-20-29(26)33-21-12-4-1-8-17(21)31-18-9-2-5-13-22(18)34-24-16-25-28(30(33)27(24)31)32(20)19-10-3-6-14-23(19)35-25/h1-16H. The van der Waals surface area contributed by atoms with E-state index in [1.807, 2.05) is 12.1 Å². The maximum atomic E-state index is 6.60. The van der Waals surface area contributed by atoms with Crippen LogP contribution in [-0.4, -0.2) is 29.4 Å². The summed E-state index contributed by atoms with van der Waals surface area (Å²) in [7, 11) is 0. The van der Waals surface area contributed by atoms with Crippen LogP contribution in [0.3, 0.4) is 0 Å². The van der Waals surface area contributed by atoms with Crippen LogP contribution in [0.2, 0.25) is 0 Å². The zero-order valence-corrected chi connectivity index (χ0v) is 20.8. The van der Waals surface area contributed by atoms with Gasteiger partial charge in [-0.1, -0.05) is 0 Å². The van der Waals surface area contributed by atoms with Crippen molar-refractivity contribution >= 4 is 83.7 Å². The Hall–Kier alpha value is -3.85. The van der Waals surface area contributed by atoms with Gasteiger partial charge in [0.05, 0.1) is 0 Å². The van der Waals surface area contributed by atoms with Gasteiger partial charge in [0.2, 0.25) is 0 Å². The van der Waals surface area contributed by atoms with Crippen LogP contribution in [0, 0.1) is 0 Å². The van der Waals surface area contributed by atoms with Gasteiger partial charge in [-0.3, -0.25) is 0 Å². The molecule has 4 heterocycles. The van der Waals surface area contributed by atoms with Crippen molar-refractivity contribution in [1.29, 1.82) is 0 Å². The van der Waals surface area contributed by atoms with Gasteiger partial charge in [0.25, 0.3) is 0 Å². The van der Waals surface area contributed by atoms with Crippen molar-refractivity contribution in [2.45, 2.75) is 0 Å². The van der Waals surface area contributed by atoms with Crippen LogP contribution in [0.5, 0.6) is 23.0 Å². The zero-order chi connectivity index (χ0) is 23.5. The van der Waals surface area contributed by atoms with E-state index in [0.29, 0.717) is 0 Å². The van der Waals surface area contributed by atoms with Crippen LogP contribution in [0.4, 0.5) is 17.1 Å². The summed E-state index contributed by atoms with van der Waals surface area (Å²) in [5.41, 5.74) is 11.1. The molecule has 9 rings (SSSR count). The molecule has 0 saturated heterocycles. The molecule has 165 valence electrons. The van der Waals surface area contributed by atoms with Gasteiger partial charge in [-0.05, 0) is 0 Å². The molecular weight excluding hydrogens is 507 g/mol. The van der Waals surface area contributed by atoms with E-state index in [4.69, 9.17) is 9.47 Å². The number of hydrogen-bond acceptors (Lipinski definition) is 3. The van der Waals surface area contributed by atoms with Crippen molar-refractivity contribution in [2.75, 3.05) is 4.90 Å². The number of hydrogen-bond donors (Lipinski definition) is 0. The molecule has 0 fully saturated rings. The summed E-state index contributed by atoms with van der Waals surface area (Å²) in [4.78, 5) is 2.45. The molecule has 1 radical (unpaired) electrons. The topological polar surface area (TPSA) is 21.7 Å². The predicted molar refractivity (Wildman–Crippen MR) is 149 cm³/mol. The van der Waals surface area contributed by atoms with Crippen molar-refractivity contribution in [3.63, 3.8) is 0 Å². The Kier molecular flexibility index (Phi) is 3.59. The molecule has 0 aliphatic carbocycles. The van der Waals surface area contributed by atoms with E-state index >= 15 is 0 Å². The second-order valence-corrected chi connectivity index (χ2v) is 10.7. The van der Waals surface area contributed by atoms with Crippen molar-refractivity contribution in [1.82, 2.24) is 0 Å². The molecule has 0 unspecified atom stereocenters. The summed E-state index contributed by atoms with van der Waals surface area (Å²) in [6.45, 7) is 0.193. The summed E-state index contributed by atoms with van der Waals surface area (Å²) in [6.07, 6.45) is 0. The summed E-state index contributed by atoms with van der Waals surface area (Å²) in [5, 5.41) is 0. The Morgan fingerprint density at radius 1 is 0.528 bits per heavy atom. The number of para-hydroxylation sites is 4. The SMILES string of the molecule is [Se]c1cccc2c1N1c3ccccc3B3c4ccccc4Oc4cc5c(c1c43)B2c1ccccc1O5. The van der Waals surface area contributed by atoms with Crippen LogP contribution in [0.25, 0.3) is 0 Å². The fourth-order valence-electron chi connectivity index (χ4n) is 6.74. The number of ether oxygens (including phenoxy) is 2. The first kappa shape index (κ1) is 19.4. The van der Waals surface area contributed by atoms with E-state index in [2.05, 4.69) is 106 Å². The second kappa shape index (κ2) is 6.67. The molecule has 0 spiro atoms. The Bertz CT molecular complexity index is 1780. The van der Waals surface area contributed by atoms with Gasteiger partial charge in [-0.15, -0.1) is 0 Å². The first-order chi connectivity index (χ1) is 17.8. The molecule has 0 aromatic heterocycles. The normalized spacial score (nSPS) is 14.5. The maximum absolute atomic E-state index is 6.60. The second-order valence-electron chi connectivity index (χ2n) is 9.78. The summed E-state index contributed by atoms with van der Waals surface area (Å²) in [5.74, 6) is 3.59. The van der Waals surface area contributed by atoms with E-state index in [9.17, 15) is 0 Å². The quantitative estimate of drug-likeness (QED) is 0.284. The fraction of sp³-hybridized carbons (Fsp3) is 0. The minimum absolute atomic E-state index is 0.0906. The molecule has 0 atom stereocenters. The number of rotatable bonds is 0. The number of fused-ring (bicyclic) bond motifs is 10. The Morgan fingerprint density at radius 2 is 1.08 bits per heavy atom. The van der Waals surface area contributed by atoms with E-state index in [1.54, 1.807) is 0 Å². The van der Waals surface area contributed by atoms with Crippen molar-refractivity contribution < 1.29 is 9.47 Å². The van der Waals surface area contributed by atoms with Gasteiger partial charge in [-0.2, -0.15) is 0 Å². The van der Waals surface area contributed by atoms with Gasteiger partial charge in [0.1, 0.15) is 0 Å². The van der Waals surface area contributed by atoms with Crippen LogP contribution in [0.15, 0.2) is 97.1 Å². The Labute approximate surface area is 217 Å². The fourth-order valence-corrected chi connectivity index (χ4v) is 7.34. The minimum atomic E-state index is 0.0906. The molecule has 0 N–H and O–H groups in total. The first-order valence-electron chi connectivity index (χ1n) is 12.2. The average molecular weight is 523 g/mol. The molecule has 6 heteroatoms. The molecule has 0 bridgehead atoms. The predicted octanol–water partition coefficient (Wildman–Crippen LogP) is 1.82. The molecule has 5 aromatic carbocycles. The third kappa shape index (κ3) is 2.23. The number of benzene rings is 5. The molecule has 5 aromatic rings. The monoisotopic (exact) mass is 524 g/mol. The first-order valence-corrected chi connectivity index (χ1v) is 13.1. The summed E-state index contributed by atoms with van der Waals surface area (Å²) >= 11 is 3.37. The molecule has 0 amide bonds. The van der Waals surface area contributed by atoms with Gasteiger partial charge < -0.3 is 0 Å². The molecule has 3 nitrogen and oxygen atoms in total. The van der Waals surface area contributed by atoms with E-state index in [1.165, 1.54) is 49.8 Å². The Balaban J connectivity index is 1.48. The molecular formula is C30H16B2NO2Se. The van der Waals surface area contributed by atoms with E-state index in [-0.39, 0.29) is 13.4 Å². The van der Waals surface area contributed by atoms with Crippen LogP contribution in [-0.2, 0) is 0 Å². The van der Waals surface area contributed by atoms with E-state index in [0.717, 1.165) is 27.5 Å². The summed E-state index contributed by atoms with van der Waals surface area (Å²) < 4.78 is 14.4. The van der Waals surface area contributed by atoms with Gasteiger partial charge in [0, 0.05) is 0 Å². The zero-order valence-electron chi connectivity index (χ0n) is 19.1. The van der Waals surface area contributed by atoms with Crippen LogP contribution < -0.4 is 51.6 Å². The number of nitrogens with zero attached hydrogens (tertiary/aromatic N) is 1. The third-order valence-corrected chi connectivity index (χ3v) is 8.75. The molecule has 4 aliphatic heterocycles. The van der Waals surface area contributed by atoms with Crippen molar-refractivity contribution in [3.8, 4) is 23.0 Å². The van der Waals surface area contributed by atoms with Crippen LogP contribution >= 0.6 is 0 Å². The molecule has 0 saturated carbocycles. The molecule has 36 heavy (non-hydrogen) atoms. The van der Waals surface area contributed by atoms with Gasteiger partial charge >= 0.3 is 218 Å². The average Bonchev–Trinajstić information content (AvgIpc) is 2.92. The number of anilines is 3. The van der Waals surface area contributed by atoms with Gasteiger partial charge in [0.15, 0.2) is 0 Å². The van der Waals surface area contributed by atoms with Crippen LogP contribution in [0.1, 0.15) is 0 Å². The molecule has 4 aliphatic rings.